The summed E-state index contributed by atoms with van der Waals surface area (Å²) in [6.07, 6.45) is 0. The maximum Gasteiger partial charge on any atom is 0.321 e. The highest BCUT2D eigenvalue weighted by Crippen LogP contribution is 2.42. The SMILES string of the molecule is CC(C)NC(=O)NC(=O)[C@H](C)SC1=C(C#N)C(C)(C)[C@H](C#N)C(=O)N1. The van der Waals surface area contributed by atoms with Gasteiger partial charge in [-0.3, -0.25) is 14.9 Å². The Hall–Kier alpha value is -2.52. The van der Waals surface area contributed by atoms with Crippen molar-refractivity contribution in [1.82, 2.24) is 16.0 Å². The molecule has 0 aromatic heterocycles. The van der Waals surface area contributed by atoms with Crippen molar-refractivity contribution in [2.24, 2.45) is 11.3 Å². The van der Waals surface area contributed by atoms with Gasteiger partial charge in [-0.2, -0.15) is 10.5 Å². The summed E-state index contributed by atoms with van der Waals surface area (Å²) < 4.78 is 0. The fourth-order valence-electron chi connectivity index (χ4n) is 2.26. The van der Waals surface area contributed by atoms with E-state index in [2.05, 4.69) is 16.0 Å². The summed E-state index contributed by atoms with van der Waals surface area (Å²) in [4.78, 5) is 35.8. The summed E-state index contributed by atoms with van der Waals surface area (Å²) in [6, 6.07) is 3.20. The molecular weight excluding hydrogens is 342 g/mol. The van der Waals surface area contributed by atoms with E-state index in [9.17, 15) is 24.9 Å². The number of thioether (sulfide) groups is 1. The van der Waals surface area contributed by atoms with Gasteiger partial charge in [0.2, 0.25) is 11.8 Å². The Labute approximate surface area is 151 Å². The molecular formula is C16H21N5O3S. The van der Waals surface area contributed by atoms with E-state index in [4.69, 9.17) is 0 Å². The van der Waals surface area contributed by atoms with E-state index in [1.165, 1.54) is 0 Å². The average molecular weight is 363 g/mol. The molecule has 0 bridgehead atoms. The highest BCUT2D eigenvalue weighted by molar-refractivity contribution is 8.04. The first-order valence-electron chi connectivity index (χ1n) is 7.67. The lowest BCUT2D eigenvalue weighted by Crippen LogP contribution is -2.47. The predicted octanol–water partition coefficient (Wildman–Crippen LogP) is 1.37. The molecule has 9 heteroatoms. The first-order chi connectivity index (χ1) is 11.5. The zero-order chi connectivity index (χ0) is 19.4. The van der Waals surface area contributed by atoms with E-state index in [1.54, 1.807) is 34.6 Å². The van der Waals surface area contributed by atoms with E-state index < -0.39 is 34.4 Å². The second-order valence-electron chi connectivity index (χ2n) is 6.47. The molecule has 0 spiro atoms. The molecule has 4 amide bonds. The maximum absolute atomic E-state index is 12.1. The third-order valence-corrected chi connectivity index (χ3v) is 4.76. The van der Waals surface area contributed by atoms with Gasteiger partial charge in [0.1, 0.15) is 5.92 Å². The largest absolute Gasteiger partial charge is 0.336 e. The van der Waals surface area contributed by atoms with Crippen molar-refractivity contribution in [2.45, 2.75) is 45.9 Å². The summed E-state index contributed by atoms with van der Waals surface area (Å²) >= 11 is 0.964. The first kappa shape index (κ1) is 20.5. The van der Waals surface area contributed by atoms with E-state index >= 15 is 0 Å². The Morgan fingerprint density at radius 3 is 2.36 bits per heavy atom. The molecule has 0 aromatic carbocycles. The van der Waals surface area contributed by atoms with Crippen LogP contribution in [-0.4, -0.2) is 29.1 Å². The van der Waals surface area contributed by atoms with Gasteiger partial charge in [0.15, 0.2) is 0 Å². The highest BCUT2D eigenvalue weighted by atomic mass is 32.2. The van der Waals surface area contributed by atoms with Crippen molar-refractivity contribution in [3.63, 3.8) is 0 Å². The molecule has 0 aliphatic carbocycles. The standard InChI is InChI=1S/C16H21N5O3S/c1-8(2)19-15(24)21-12(22)9(3)25-14-11(7-18)16(4,5)10(6-17)13(23)20-14/h8-10H,1-5H3,(H,20,23)(H2,19,21,22,24)/t9-,10+/m0/s1. The van der Waals surface area contributed by atoms with Crippen LogP contribution in [0.4, 0.5) is 4.79 Å². The summed E-state index contributed by atoms with van der Waals surface area (Å²) in [5.41, 5.74) is -0.741. The number of carbonyl (C=O) groups is 3. The van der Waals surface area contributed by atoms with Crippen molar-refractivity contribution in [3.05, 3.63) is 10.6 Å². The van der Waals surface area contributed by atoms with Gasteiger partial charge in [-0.15, -0.1) is 0 Å². The molecule has 2 atom stereocenters. The summed E-state index contributed by atoms with van der Waals surface area (Å²) in [5.74, 6) is -2.06. The van der Waals surface area contributed by atoms with Gasteiger partial charge >= 0.3 is 6.03 Å². The quantitative estimate of drug-likeness (QED) is 0.690. The van der Waals surface area contributed by atoms with Gasteiger partial charge < -0.3 is 10.6 Å². The van der Waals surface area contributed by atoms with Crippen LogP contribution in [0.1, 0.15) is 34.6 Å². The van der Waals surface area contributed by atoms with E-state index in [0.717, 1.165) is 11.8 Å². The topological polar surface area (TPSA) is 135 Å². The summed E-state index contributed by atoms with van der Waals surface area (Å²) in [7, 11) is 0. The second-order valence-corrected chi connectivity index (χ2v) is 7.82. The summed E-state index contributed by atoms with van der Waals surface area (Å²) in [5, 5.41) is 25.4. The predicted molar refractivity (Wildman–Crippen MR) is 92.5 cm³/mol. The number of imide groups is 1. The highest BCUT2D eigenvalue weighted by Gasteiger charge is 2.45. The number of amides is 4. The molecule has 0 saturated carbocycles. The molecule has 8 nitrogen and oxygen atoms in total. The maximum atomic E-state index is 12.1. The smallest absolute Gasteiger partial charge is 0.321 e. The lowest BCUT2D eigenvalue weighted by Gasteiger charge is -2.35. The Kier molecular flexibility index (Phi) is 6.60. The Bertz CT molecular complexity index is 700. The number of nitrogens with zero attached hydrogens (tertiary/aromatic N) is 2. The third-order valence-electron chi connectivity index (χ3n) is 3.65. The van der Waals surface area contributed by atoms with Gasteiger partial charge in [0.25, 0.3) is 0 Å². The van der Waals surface area contributed by atoms with Gasteiger partial charge in [-0.05, 0) is 20.8 Å². The van der Waals surface area contributed by atoms with Crippen LogP contribution in [0.15, 0.2) is 10.6 Å². The molecule has 0 saturated heterocycles. The molecule has 3 N–H and O–H groups in total. The number of carbonyl (C=O) groups excluding carboxylic acids is 3. The van der Waals surface area contributed by atoms with Crippen LogP contribution >= 0.6 is 11.8 Å². The lowest BCUT2D eigenvalue weighted by atomic mass is 9.72. The fourth-order valence-corrected chi connectivity index (χ4v) is 3.36. The molecule has 0 unspecified atom stereocenters. The average Bonchev–Trinajstić information content (AvgIpc) is 2.45. The Morgan fingerprint density at radius 1 is 1.28 bits per heavy atom. The molecule has 1 aliphatic rings. The van der Waals surface area contributed by atoms with Gasteiger partial charge in [-0.25, -0.2) is 4.79 Å². The second kappa shape index (κ2) is 8.04. The van der Waals surface area contributed by atoms with Crippen LogP contribution in [0.5, 0.6) is 0 Å². The Balaban J connectivity index is 2.96. The Morgan fingerprint density at radius 2 is 1.88 bits per heavy atom. The molecule has 0 fully saturated rings. The molecule has 1 rings (SSSR count). The summed E-state index contributed by atoms with van der Waals surface area (Å²) in [6.45, 7) is 8.36. The van der Waals surface area contributed by atoms with E-state index in [-0.39, 0.29) is 16.6 Å². The molecule has 25 heavy (non-hydrogen) atoms. The fraction of sp³-hybridized carbons (Fsp3) is 0.562. The lowest BCUT2D eigenvalue weighted by molar-refractivity contribution is -0.125. The number of rotatable bonds is 4. The zero-order valence-corrected chi connectivity index (χ0v) is 15.6. The monoisotopic (exact) mass is 363 g/mol. The van der Waals surface area contributed by atoms with Crippen LogP contribution in [0.3, 0.4) is 0 Å². The number of hydrogen-bond acceptors (Lipinski definition) is 6. The van der Waals surface area contributed by atoms with Crippen molar-refractivity contribution in [1.29, 1.82) is 10.5 Å². The minimum Gasteiger partial charge on any atom is -0.336 e. The number of allylic oxidation sites excluding steroid dienone is 1. The van der Waals surface area contributed by atoms with Crippen LogP contribution in [0.25, 0.3) is 0 Å². The van der Waals surface area contributed by atoms with Gasteiger partial charge in [0.05, 0.1) is 28.0 Å². The number of hydrogen-bond donors (Lipinski definition) is 3. The zero-order valence-electron chi connectivity index (χ0n) is 14.8. The first-order valence-corrected chi connectivity index (χ1v) is 8.55. The van der Waals surface area contributed by atoms with E-state index in [1.807, 2.05) is 12.1 Å². The van der Waals surface area contributed by atoms with Crippen LogP contribution < -0.4 is 16.0 Å². The van der Waals surface area contributed by atoms with Crippen LogP contribution in [0, 0.1) is 34.0 Å². The van der Waals surface area contributed by atoms with Crippen LogP contribution in [0.2, 0.25) is 0 Å². The molecule has 0 radical (unpaired) electrons. The van der Waals surface area contributed by atoms with Crippen molar-refractivity contribution in [2.75, 3.05) is 0 Å². The van der Waals surface area contributed by atoms with Gasteiger partial charge in [0, 0.05) is 11.5 Å². The minimum atomic E-state index is -0.993. The molecule has 1 aliphatic heterocycles. The number of urea groups is 1. The minimum absolute atomic E-state index is 0.120. The third kappa shape index (κ3) is 4.74. The normalized spacial score (nSPS) is 20.2. The molecule has 1 heterocycles. The van der Waals surface area contributed by atoms with E-state index in [0.29, 0.717) is 0 Å². The molecule has 134 valence electrons. The van der Waals surface area contributed by atoms with Crippen LogP contribution in [-0.2, 0) is 9.59 Å². The molecule has 0 aromatic rings. The number of nitriles is 2. The van der Waals surface area contributed by atoms with Crippen molar-refractivity contribution < 1.29 is 14.4 Å². The number of nitrogens with one attached hydrogen (secondary N) is 3. The van der Waals surface area contributed by atoms with Gasteiger partial charge in [-0.1, -0.05) is 25.6 Å². The van der Waals surface area contributed by atoms with Crippen molar-refractivity contribution in [3.8, 4) is 12.1 Å². The van der Waals surface area contributed by atoms with Crippen molar-refractivity contribution >= 4 is 29.6 Å².